The molecule has 2 aromatic rings. The van der Waals surface area contributed by atoms with Crippen molar-refractivity contribution in [3.63, 3.8) is 0 Å². The van der Waals surface area contributed by atoms with E-state index in [0.717, 1.165) is 16.7 Å². The van der Waals surface area contributed by atoms with Gasteiger partial charge in [0, 0.05) is 23.1 Å². The van der Waals surface area contributed by atoms with Crippen molar-refractivity contribution in [2.45, 2.75) is 20.3 Å². The second kappa shape index (κ2) is 5.81. The van der Waals surface area contributed by atoms with E-state index < -0.39 is 4.92 Å². The molecule has 0 radical (unpaired) electrons. The van der Waals surface area contributed by atoms with E-state index >= 15 is 0 Å². The van der Waals surface area contributed by atoms with Crippen molar-refractivity contribution < 1.29 is 4.92 Å². The third-order valence-corrected chi connectivity index (χ3v) is 4.00. The second-order valence-corrected chi connectivity index (χ2v) is 5.56. The molecule has 0 aromatic heterocycles. The van der Waals surface area contributed by atoms with Crippen LogP contribution < -0.4 is 0 Å². The maximum Gasteiger partial charge on any atom is 0.274 e. The van der Waals surface area contributed by atoms with Crippen LogP contribution in [0.3, 0.4) is 0 Å². The van der Waals surface area contributed by atoms with Gasteiger partial charge in [-0.3, -0.25) is 10.1 Å². The van der Waals surface area contributed by atoms with Crippen molar-refractivity contribution in [1.29, 1.82) is 0 Å². The largest absolute Gasteiger partial charge is 0.274 e. The number of nitrogens with zero attached hydrogens (tertiary/aromatic N) is 1. The number of nitro benzene ring substituents is 1. The Kier molecular flexibility index (Phi) is 4.31. The smallest absolute Gasteiger partial charge is 0.258 e. The van der Waals surface area contributed by atoms with Crippen molar-refractivity contribution in [3.8, 4) is 0 Å². The highest BCUT2D eigenvalue weighted by atomic mass is 35.5. The average Bonchev–Trinajstić information content (AvgIpc) is 2.37. The summed E-state index contributed by atoms with van der Waals surface area (Å²) in [5.74, 6) is 0. The van der Waals surface area contributed by atoms with Gasteiger partial charge in [0.25, 0.3) is 5.69 Å². The number of nitro groups is 1. The quantitative estimate of drug-likeness (QED) is 0.584. The highest BCUT2D eigenvalue weighted by Gasteiger charge is 2.16. The van der Waals surface area contributed by atoms with Crippen LogP contribution in [0.15, 0.2) is 30.3 Å². The van der Waals surface area contributed by atoms with E-state index in [4.69, 9.17) is 23.2 Å². The molecule has 0 saturated carbocycles. The minimum Gasteiger partial charge on any atom is -0.258 e. The Bertz CT molecular complexity index is 684. The Morgan fingerprint density at radius 1 is 1.05 bits per heavy atom. The number of rotatable bonds is 3. The summed E-state index contributed by atoms with van der Waals surface area (Å²) in [6.45, 7) is 3.75. The van der Waals surface area contributed by atoms with Gasteiger partial charge in [0.05, 0.1) is 9.95 Å². The molecule has 0 atom stereocenters. The average molecular weight is 310 g/mol. The third kappa shape index (κ3) is 3.11. The van der Waals surface area contributed by atoms with Gasteiger partial charge in [-0.25, -0.2) is 0 Å². The summed E-state index contributed by atoms with van der Waals surface area (Å²) < 4.78 is 0. The van der Waals surface area contributed by atoms with Crippen molar-refractivity contribution in [2.75, 3.05) is 0 Å². The van der Waals surface area contributed by atoms with Gasteiger partial charge in [0.15, 0.2) is 0 Å². The molecule has 0 aliphatic rings. The molecule has 0 bridgehead atoms. The van der Waals surface area contributed by atoms with Crippen LogP contribution in [0.25, 0.3) is 0 Å². The van der Waals surface area contributed by atoms with Crippen LogP contribution >= 0.6 is 23.2 Å². The number of hydrogen-bond donors (Lipinski definition) is 0. The number of halogens is 2. The van der Waals surface area contributed by atoms with Crippen LogP contribution in [-0.4, -0.2) is 4.92 Å². The number of hydrogen-bond acceptors (Lipinski definition) is 2. The fourth-order valence-electron chi connectivity index (χ4n) is 2.08. The summed E-state index contributed by atoms with van der Waals surface area (Å²) in [6, 6.07) is 8.80. The van der Waals surface area contributed by atoms with Gasteiger partial charge < -0.3 is 0 Å². The van der Waals surface area contributed by atoms with Crippen molar-refractivity contribution in [3.05, 3.63) is 72.7 Å². The van der Waals surface area contributed by atoms with Gasteiger partial charge in [-0.05, 0) is 42.7 Å². The van der Waals surface area contributed by atoms with Crippen LogP contribution in [-0.2, 0) is 6.42 Å². The molecule has 2 rings (SSSR count). The first-order valence-electron chi connectivity index (χ1n) is 6.07. The van der Waals surface area contributed by atoms with Crippen LogP contribution in [0.2, 0.25) is 10.0 Å². The molecule has 0 aliphatic carbocycles. The SMILES string of the molecule is Cc1cc(Cc2cc(C)c(Cl)cc2[N+](=O)[O-])ccc1Cl. The monoisotopic (exact) mass is 309 g/mol. The highest BCUT2D eigenvalue weighted by Crippen LogP contribution is 2.29. The summed E-state index contributed by atoms with van der Waals surface area (Å²) in [4.78, 5) is 10.7. The maximum atomic E-state index is 11.1. The van der Waals surface area contributed by atoms with Crippen molar-refractivity contribution in [1.82, 2.24) is 0 Å². The molecule has 0 saturated heterocycles. The summed E-state index contributed by atoms with van der Waals surface area (Å²) in [5, 5.41) is 12.2. The number of aryl methyl sites for hydroxylation is 2. The van der Waals surface area contributed by atoms with Gasteiger partial charge in [0.1, 0.15) is 0 Å². The molecular formula is C15H13Cl2NO2. The zero-order valence-electron chi connectivity index (χ0n) is 11.1. The van der Waals surface area contributed by atoms with Crippen LogP contribution in [0.4, 0.5) is 5.69 Å². The topological polar surface area (TPSA) is 43.1 Å². The Hall–Kier alpha value is -1.58. The predicted octanol–water partition coefficient (Wildman–Crippen LogP) is 5.11. The molecule has 3 nitrogen and oxygen atoms in total. The maximum absolute atomic E-state index is 11.1. The number of benzene rings is 2. The van der Waals surface area contributed by atoms with Crippen molar-refractivity contribution >= 4 is 28.9 Å². The molecule has 0 amide bonds. The molecule has 0 spiro atoms. The Balaban J connectivity index is 2.44. The molecule has 0 N–H and O–H groups in total. The lowest BCUT2D eigenvalue weighted by Gasteiger charge is -2.08. The highest BCUT2D eigenvalue weighted by molar-refractivity contribution is 6.31. The summed E-state index contributed by atoms with van der Waals surface area (Å²) in [6.07, 6.45) is 0.479. The van der Waals surface area contributed by atoms with E-state index in [9.17, 15) is 10.1 Å². The van der Waals surface area contributed by atoms with Gasteiger partial charge in [-0.1, -0.05) is 35.3 Å². The van der Waals surface area contributed by atoms with Crippen LogP contribution in [0.1, 0.15) is 22.3 Å². The molecule has 0 fully saturated rings. The molecule has 5 heteroatoms. The zero-order valence-corrected chi connectivity index (χ0v) is 12.6. The second-order valence-electron chi connectivity index (χ2n) is 4.75. The Morgan fingerprint density at radius 2 is 1.70 bits per heavy atom. The first-order valence-corrected chi connectivity index (χ1v) is 6.82. The lowest BCUT2D eigenvalue weighted by Crippen LogP contribution is -1.98. The molecular weight excluding hydrogens is 297 g/mol. The summed E-state index contributed by atoms with van der Waals surface area (Å²) in [7, 11) is 0. The first kappa shape index (κ1) is 14.8. The first-order chi connectivity index (χ1) is 9.38. The van der Waals surface area contributed by atoms with E-state index in [0.29, 0.717) is 22.0 Å². The van der Waals surface area contributed by atoms with Gasteiger partial charge in [-0.2, -0.15) is 0 Å². The Labute approximate surface area is 127 Å². The summed E-state index contributed by atoms with van der Waals surface area (Å²) in [5.41, 5.74) is 3.47. The molecule has 0 aliphatic heterocycles. The minimum absolute atomic E-state index is 0.0493. The summed E-state index contributed by atoms with van der Waals surface area (Å²) >= 11 is 11.9. The molecule has 0 heterocycles. The third-order valence-electron chi connectivity index (χ3n) is 3.17. The van der Waals surface area contributed by atoms with E-state index in [-0.39, 0.29) is 5.69 Å². The lowest BCUT2D eigenvalue weighted by molar-refractivity contribution is -0.385. The standard InChI is InChI=1S/C15H13Cl2NO2/c1-9-5-11(3-4-13(9)16)7-12-6-10(2)14(17)8-15(12)18(19)20/h3-6,8H,7H2,1-2H3. The lowest BCUT2D eigenvalue weighted by atomic mass is 10.00. The molecule has 20 heavy (non-hydrogen) atoms. The van der Waals surface area contributed by atoms with Crippen molar-refractivity contribution in [2.24, 2.45) is 0 Å². The molecule has 104 valence electrons. The predicted molar refractivity (Wildman–Crippen MR) is 81.8 cm³/mol. The van der Waals surface area contributed by atoms with E-state index in [1.165, 1.54) is 6.07 Å². The molecule has 0 unspecified atom stereocenters. The van der Waals surface area contributed by atoms with Crippen LogP contribution in [0.5, 0.6) is 0 Å². The van der Waals surface area contributed by atoms with Gasteiger partial charge >= 0.3 is 0 Å². The van der Waals surface area contributed by atoms with Gasteiger partial charge in [-0.15, -0.1) is 0 Å². The fraction of sp³-hybridized carbons (Fsp3) is 0.200. The zero-order chi connectivity index (χ0) is 14.9. The van der Waals surface area contributed by atoms with E-state index in [2.05, 4.69) is 0 Å². The van der Waals surface area contributed by atoms with Crippen LogP contribution in [0, 0.1) is 24.0 Å². The Morgan fingerprint density at radius 3 is 2.30 bits per heavy atom. The minimum atomic E-state index is -0.399. The normalized spacial score (nSPS) is 10.6. The fourth-order valence-corrected chi connectivity index (χ4v) is 2.35. The van der Waals surface area contributed by atoms with E-state index in [1.54, 1.807) is 12.1 Å². The molecule has 2 aromatic carbocycles. The van der Waals surface area contributed by atoms with Gasteiger partial charge in [0.2, 0.25) is 0 Å². The van der Waals surface area contributed by atoms with E-state index in [1.807, 2.05) is 26.0 Å².